The smallest absolute Gasteiger partial charge is 0.264 e. The summed E-state index contributed by atoms with van der Waals surface area (Å²) >= 11 is 6.44. The Balaban J connectivity index is 1.46. The second kappa shape index (κ2) is 15.6. The molecular weight excluding hydrogens is 711 g/mol. The number of hydrogen-bond donors (Lipinski definition) is 1. The Hall–Kier alpha value is -3.23. The van der Waals surface area contributed by atoms with Crippen LogP contribution in [0.1, 0.15) is 67.4 Å². The third-order valence-corrected chi connectivity index (χ3v) is 13.7. The van der Waals surface area contributed by atoms with Gasteiger partial charge in [-0.25, -0.2) is 17.5 Å². The second-order valence-electron chi connectivity index (χ2n) is 14.8. The minimum absolute atomic E-state index is 0.0428. The molecule has 1 N–H and O–H groups in total. The molecule has 2 bridgehead atoms. The van der Waals surface area contributed by atoms with Gasteiger partial charge in [0.05, 0.1) is 24.1 Å². The summed E-state index contributed by atoms with van der Waals surface area (Å²) in [5.41, 5.74) is 2.74. The summed E-state index contributed by atoms with van der Waals surface area (Å²) in [6.07, 6.45) is 4.83. The van der Waals surface area contributed by atoms with Crippen molar-refractivity contribution in [2.75, 3.05) is 59.0 Å². The standard InChI is InChI=1S/C38H50ClFN4O7S/c1-24-10-14-31(40)35(37(46)42(3)21-34(49-4)50-5)44-17-7-9-29(44)20-43-22-38(16-6-8-26-18-28(39)12-13-30(26)38)23-51-33-15-11-27(19-32(33)43)36(45)41-52(47,48)25(24)2/h11-15,18-19,24-25,29,34-35H,6-10,16-17,20-23H2,1-5H3,(H,41,45)/b31-14-/t24-,25+,29-,35+,38-/m0/s1. The van der Waals surface area contributed by atoms with E-state index < -0.39 is 56.6 Å². The number of allylic oxidation sites excluding steroid dienone is 1. The maximum Gasteiger partial charge on any atom is 0.264 e. The number of carbonyl (C=O) groups is 2. The van der Waals surface area contributed by atoms with Crippen molar-refractivity contribution < 1.29 is 36.6 Å². The fourth-order valence-corrected chi connectivity index (χ4v) is 9.76. The highest BCUT2D eigenvalue weighted by Crippen LogP contribution is 2.45. The summed E-state index contributed by atoms with van der Waals surface area (Å²) in [6.45, 7) is 5.09. The number of fused-ring (bicyclic) bond motifs is 4. The molecule has 0 radical (unpaired) electrons. The van der Waals surface area contributed by atoms with Gasteiger partial charge in [-0.05, 0) is 99.4 Å². The summed E-state index contributed by atoms with van der Waals surface area (Å²) in [5.74, 6) is -1.84. The van der Waals surface area contributed by atoms with E-state index in [9.17, 15) is 18.0 Å². The molecule has 1 spiro atoms. The largest absolute Gasteiger partial charge is 0.490 e. The molecule has 1 fully saturated rings. The van der Waals surface area contributed by atoms with Crippen molar-refractivity contribution in [3.05, 3.63) is 70.0 Å². The van der Waals surface area contributed by atoms with Crippen LogP contribution in [0.15, 0.2) is 48.3 Å². The Morgan fingerprint density at radius 1 is 1.17 bits per heavy atom. The van der Waals surface area contributed by atoms with E-state index in [1.54, 1.807) is 32.2 Å². The van der Waals surface area contributed by atoms with Crippen LogP contribution in [0.5, 0.6) is 5.75 Å². The number of amides is 2. The van der Waals surface area contributed by atoms with Gasteiger partial charge < -0.3 is 24.0 Å². The molecule has 5 atom stereocenters. The molecule has 1 saturated heterocycles. The second-order valence-corrected chi connectivity index (χ2v) is 17.3. The first-order valence-electron chi connectivity index (χ1n) is 18.1. The number of benzene rings is 2. The van der Waals surface area contributed by atoms with Crippen molar-refractivity contribution in [1.29, 1.82) is 0 Å². The molecule has 6 rings (SSSR count). The summed E-state index contributed by atoms with van der Waals surface area (Å²) < 4.78 is 63.2. The van der Waals surface area contributed by atoms with E-state index >= 15 is 4.39 Å². The number of hydrogen-bond acceptors (Lipinski definition) is 9. The molecule has 0 aromatic heterocycles. The van der Waals surface area contributed by atoms with Crippen molar-refractivity contribution in [1.82, 2.24) is 14.5 Å². The van der Waals surface area contributed by atoms with E-state index in [1.807, 2.05) is 17.0 Å². The fourth-order valence-electron chi connectivity index (χ4n) is 8.28. The van der Waals surface area contributed by atoms with E-state index in [4.69, 9.17) is 25.8 Å². The fraction of sp³-hybridized carbons (Fsp3) is 0.579. The van der Waals surface area contributed by atoms with Crippen LogP contribution in [0.25, 0.3) is 0 Å². The molecule has 0 saturated carbocycles. The molecule has 1 aliphatic carbocycles. The third kappa shape index (κ3) is 7.70. The van der Waals surface area contributed by atoms with Crippen LogP contribution < -0.4 is 14.4 Å². The van der Waals surface area contributed by atoms with Gasteiger partial charge >= 0.3 is 0 Å². The summed E-state index contributed by atoms with van der Waals surface area (Å²) in [4.78, 5) is 33.4. The van der Waals surface area contributed by atoms with Gasteiger partial charge in [-0.3, -0.25) is 14.5 Å². The van der Waals surface area contributed by atoms with Gasteiger partial charge in [0.2, 0.25) is 15.9 Å². The predicted molar refractivity (Wildman–Crippen MR) is 198 cm³/mol. The predicted octanol–water partition coefficient (Wildman–Crippen LogP) is 5.06. The number of sulfonamides is 1. The van der Waals surface area contributed by atoms with Gasteiger partial charge in [-0.15, -0.1) is 0 Å². The van der Waals surface area contributed by atoms with E-state index in [1.165, 1.54) is 37.7 Å². The molecule has 3 aliphatic heterocycles. The number of nitrogens with one attached hydrogen (secondary N) is 1. The van der Waals surface area contributed by atoms with E-state index in [-0.39, 0.29) is 24.6 Å². The number of ether oxygens (including phenoxy) is 3. The van der Waals surface area contributed by atoms with Crippen molar-refractivity contribution in [3.63, 3.8) is 0 Å². The lowest BCUT2D eigenvalue weighted by molar-refractivity contribution is -0.147. The Bertz CT molecular complexity index is 1810. The van der Waals surface area contributed by atoms with Crippen LogP contribution in [0.3, 0.4) is 0 Å². The lowest BCUT2D eigenvalue weighted by atomic mass is 9.70. The van der Waals surface area contributed by atoms with E-state index in [2.05, 4.69) is 15.7 Å². The van der Waals surface area contributed by atoms with Gasteiger partial charge in [-0.2, -0.15) is 0 Å². The molecule has 4 aliphatic rings. The van der Waals surface area contributed by atoms with Crippen molar-refractivity contribution in [3.8, 4) is 5.75 Å². The first-order chi connectivity index (χ1) is 24.8. The zero-order valence-corrected chi connectivity index (χ0v) is 32.1. The maximum atomic E-state index is 16.7. The van der Waals surface area contributed by atoms with Crippen LogP contribution >= 0.6 is 11.6 Å². The number of likely N-dealkylation sites (N-methyl/N-ethyl adjacent to an activating group) is 1. The Morgan fingerprint density at radius 2 is 1.94 bits per heavy atom. The topological polar surface area (TPSA) is 118 Å². The summed E-state index contributed by atoms with van der Waals surface area (Å²) in [5, 5.41) is -0.359. The number of rotatable bonds is 5. The Labute approximate surface area is 311 Å². The lowest BCUT2D eigenvalue weighted by Crippen LogP contribution is -2.54. The van der Waals surface area contributed by atoms with Gasteiger partial charge in [0.15, 0.2) is 6.29 Å². The van der Waals surface area contributed by atoms with Crippen LogP contribution in [-0.4, -0.2) is 108 Å². The van der Waals surface area contributed by atoms with Crippen molar-refractivity contribution in [2.24, 2.45) is 5.92 Å². The Kier molecular flexibility index (Phi) is 11.6. The van der Waals surface area contributed by atoms with Gasteiger partial charge in [0.25, 0.3) is 5.91 Å². The molecule has 284 valence electrons. The minimum Gasteiger partial charge on any atom is -0.490 e. The summed E-state index contributed by atoms with van der Waals surface area (Å²) in [7, 11) is 0.413. The van der Waals surface area contributed by atoms with Crippen molar-refractivity contribution >= 4 is 39.1 Å². The van der Waals surface area contributed by atoms with E-state index in [0.717, 1.165) is 37.7 Å². The maximum absolute atomic E-state index is 16.7. The molecule has 14 heteroatoms. The molecule has 0 unspecified atom stereocenters. The lowest BCUT2D eigenvalue weighted by Gasteiger charge is -2.42. The normalized spacial score (nSPS) is 29.0. The van der Waals surface area contributed by atoms with Gasteiger partial charge in [0, 0.05) is 56.4 Å². The first kappa shape index (κ1) is 38.5. The average molecular weight is 761 g/mol. The van der Waals surface area contributed by atoms with Crippen LogP contribution in [0.2, 0.25) is 5.02 Å². The number of halogens is 2. The molecule has 52 heavy (non-hydrogen) atoms. The molecule has 11 nitrogen and oxygen atoms in total. The Morgan fingerprint density at radius 3 is 2.69 bits per heavy atom. The van der Waals surface area contributed by atoms with Gasteiger partial charge in [0.1, 0.15) is 17.6 Å². The number of nitrogens with zero attached hydrogens (tertiary/aromatic N) is 3. The highest BCUT2D eigenvalue weighted by atomic mass is 35.5. The van der Waals surface area contributed by atoms with Crippen LogP contribution in [0.4, 0.5) is 10.1 Å². The van der Waals surface area contributed by atoms with Crippen LogP contribution in [-0.2, 0) is 36.1 Å². The first-order valence-corrected chi connectivity index (χ1v) is 20.0. The SMILES string of the molecule is COC(CN(C)C(=O)[C@H]1/C(F)=C/C[C@H](C)[C@@H](C)S(=O)(=O)NC(=O)c2ccc3c(c2)N(C[C@@H]2CCCN21)C[C@@]1(CCCc2cc(Cl)ccc21)CO3)OC. The quantitative estimate of drug-likeness (QED) is 0.418. The zero-order chi connectivity index (χ0) is 37.4. The van der Waals surface area contributed by atoms with Crippen LogP contribution in [0, 0.1) is 5.92 Å². The number of aryl methyl sites for hydroxylation is 1. The monoisotopic (exact) mass is 760 g/mol. The molecule has 2 aromatic rings. The zero-order valence-electron chi connectivity index (χ0n) is 30.6. The van der Waals surface area contributed by atoms with Gasteiger partial charge in [-0.1, -0.05) is 30.7 Å². The number of methoxy groups -OCH3 is 2. The third-order valence-electron chi connectivity index (χ3n) is 11.5. The summed E-state index contributed by atoms with van der Waals surface area (Å²) in [6, 6.07) is 9.54. The molecular formula is C38H50ClFN4O7S. The highest BCUT2D eigenvalue weighted by Gasteiger charge is 2.45. The average Bonchev–Trinajstić information content (AvgIpc) is 3.51. The van der Waals surface area contributed by atoms with E-state index in [0.29, 0.717) is 42.7 Å². The highest BCUT2D eigenvalue weighted by molar-refractivity contribution is 7.90. The van der Waals surface area contributed by atoms with Crippen molar-refractivity contribution in [2.45, 2.75) is 81.4 Å². The molecule has 2 aromatic carbocycles. The molecule has 3 heterocycles. The number of anilines is 1. The minimum atomic E-state index is -4.15. The molecule has 2 amide bonds. The number of carbonyl (C=O) groups excluding carboxylic acids is 2.